The highest BCUT2D eigenvalue weighted by Gasteiger charge is 2.35. The summed E-state index contributed by atoms with van der Waals surface area (Å²) in [5.41, 5.74) is 2.09. The molecule has 0 spiro atoms. The molecule has 0 radical (unpaired) electrons. The Balaban J connectivity index is 0.702. The van der Waals surface area contributed by atoms with E-state index in [4.69, 9.17) is 14.5 Å². The largest absolute Gasteiger partial charge is 0.375 e. The molecule has 4 atom stereocenters. The highest BCUT2D eigenvalue weighted by molar-refractivity contribution is 6.08. The zero-order valence-corrected chi connectivity index (χ0v) is 36.9. The summed E-state index contributed by atoms with van der Waals surface area (Å²) in [6, 6.07) is 7.37. The number of aryl methyl sites for hydroxylation is 1. The van der Waals surface area contributed by atoms with Gasteiger partial charge in [0.1, 0.15) is 24.2 Å². The lowest BCUT2D eigenvalue weighted by atomic mass is 9.85. The number of halogens is 3. The summed E-state index contributed by atoms with van der Waals surface area (Å²) in [6.45, 7) is 3.73. The molecule has 4 aromatic heterocycles. The molecule has 2 saturated carbocycles. The minimum atomic E-state index is -2.90. The van der Waals surface area contributed by atoms with Gasteiger partial charge >= 0.3 is 0 Å². The molecule has 5 aliphatic rings. The van der Waals surface area contributed by atoms with Gasteiger partial charge in [-0.3, -0.25) is 34.0 Å². The molecule has 3 aliphatic heterocycles. The number of hydrogen-bond acceptors (Lipinski definition) is 11. The van der Waals surface area contributed by atoms with E-state index < -0.39 is 36.2 Å². The lowest BCUT2D eigenvalue weighted by Gasteiger charge is -2.38. The standard InChI is InChI=1S/C47H54F3N11O5/c1-57-43-30(4-2-6-33(43)41(55-57)34-13-14-40(62)54-46(34)63)5-3-20-66-38-15-17-58(26-36(38)48)24-29-9-11-31(12-10-29)61-27-37(42(56-61)44(49)50)52-47(64)35-23-51-60-18-16-39(53-45(35)60)59-19-21-65-32(25-59)22-28-7-8-28/h2,4,6,16,18,23,27-29,31-32,34,36,38,44H,7-15,17,19-22,24-26H2,1H3,(H,52,64)(H,54,62,63)/t29?,31?,32-,34?,36-,38+/m1/s1. The number of hydrogen-bond donors (Lipinski definition) is 2. The molecular weight excluding hydrogens is 856 g/mol. The van der Waals surface area contributed by atoms with Crippen LogP contribution in [0.1, 0.15) is 110 Å². The average molecular weight is 910 g/mol. The number of amides is 3. The number of benzene rings is 1. The van der Waals surface area contributed by atoms with Crippen molar-refractivity contribution in [1.29, 1.82) is 0 Å². The molecule has 2 aliphatic carbocycles. The third kappa shape index (κ3) is 9.40. The van der Waals surface area contributed by atoms with Crippen LogP contribution in [0.15, 0.2) is 42.9 Å². The second-order valence-electron chi connectivity index (χ2n) is 18.5. The Kier molecular flexibility index (Phi) is 12.5. The zero-order valence-electron chi connectivity index (χ0n) is 36.9. The lowest BCUT2D eigenvalue weighted by molar-refractivity contribution is -0.134. The van der Waals surface area contributed by atoms with Crippen molar-refractivity contribution >= 4 is 45.8 Å². The van der Waals surface area contributed by atoms with Crippen LogP contribution in [-0.4, -0.2) is 121 Å². The van der Waals surface area contributed by atoms with E-state index in [0.29, 0.717) is 80.6 Å². The molecule has 3 amide bonds. The molecule has 348 valence electrons. The number of imide groups is 1. The minimum Gasteiger partial charge on any atom is -0.375 e. The molecule has 1 unspecified atom stereocenters. The van der Waals surface area contributed by atoms with Crippen molar-refractivity contribution in [2.75, 3.05) is 56.2 Å². The second-order valence-corrected chi connectivity index (χ2v) is 18.5. The quantitative estimate of drug-likeness (QED) is 0.116. The van der Waals surface area contributed by atoms with Gasteiger partial charge < -0.3 is 19.7 Å². The van der Waals surface area contributed by atoms with Gasteiger partial charge in [0.05, 0.1) is 59.4 Å². The van der Waals surface area contributed by atoms with Crippen LogP contribution in [-0.2, 0) is 26.1 Å². The number of nitrogens with one attached hydrogen (secondary N) is 2. The van der Waals surface area contributed by atoms with Crippen molar-refractivity contribution in [2.45, 2.75) is 101 Å². The van der Waals surface area contributed by atoms with Gasteiger partial charge in [-0.25, -0.2) is 22.7 Å². The van der Waals surface area contributed by atoms with Crippen LogP contribution in [0.5, 0.6) is 0 Å². The van der Waals surface area contributed by atoms with Crippen molar-refractivity contribution in [2.24, 2.45) is 18.9 Å². The number of carbonyl (C=O) groups is 3. The smallest absolute Gasteiger partial charge is 0.284 e. The van der Waals surface area contributed by atoms with E-state index in [1.54, 1.807) is 22.6 Å². The van der Waals surface area contributed by atoms with E-state index in [-0.39, 0.29) is 54.8 Å². The fourth-order valence-electron chi connectivity index (χ4n) is 10.2. The third-order valence-electron chi connectivity index (χ3n) is 13.9. The van der Waals surface area contributed by atoms with Gasteiger partial charge in [-0.2, -0.15) is 15.3 Å². The van der Waals surface area contributed by atoms with Gasteiger partial charge in [-0.05, 0) is 68.9 Å². The first-order chi connectivity index (χ1) is 32.0. The van der Waals surface area contributed by atoms with Gasteiger partial charge in [0.25, 0.3) is 12.3 Å². The third-order valence-corrected chi connectivity index (χ3v) is 13.9. The maximum absolute atomic E-state index is 15.5. The number of piperidine rings is 2. The molecule has 2 N–H and O–H groups in total. The van der Waals surface area contributed by atoms with Gasteiger partial charge in [0.15, 0.2) is 11.3 Å². The van der Waals surface area contributed by atoms with Crippen molar-refractivity contribution in [1.82, 2.24) is 44.4 Å². The van der Waals surface area contributed by atoms with Gasteiger partial charge in [0, 0.05) is 64.0 Å². The van der Waals surface area contributed by atoms with Crippen molar-refractivity contribution in [3.8, 4) is 11.8 Å². The Labute approximate surface area is 379 Å². The van der Waals surface area contributed by atoms with Gasteiger partial charge in [-0.1, -0.05) is 36.8 Å². The maximum atomic E-state index is 15.5. The molecule has 5 aromatic rings. The molecule has 5 fully saturated rings. The molecule has 19 heteroatoms. The average Bonchev–Trinajstić information content (AvgIpc) is 3.69. The summed E-state index contributed by atoms with van der Waals surface area (Å²) in [5, 5.41) is 19.1. The van der Waals surface area contributed by atoms with Crippen molar-refractivity contribution < 1.29 is 37.0 Å². The first-order valence-electron chi connectivity index (χ1n) is 23.2. The van der Waals surface area contributed by atoms with E-state index >= 15 is 4.39 Å². The number of ether oxygens (including phenoxy) is 2. The Morgan fingerprint density at radius 2 is 1.86 bits per heavy atom. The molecule has 16 nitrogen and oxygen atoms in total. The fraction of sp³-hybridized carbons (Fsp3) is 0.553. The maximum Gasteiger partial charge on any atom is 0.284 e. The predicted octanol–water partition coefficient (Wildman–Crippen LogP) is 5.74. The lowest BCUT2D eigenvalue weighted by Crippen LogP contribution is -2.47. The van der Waals surface area contributed by atoms with Gasteiger partial charge in [-0.15, -0.1) is 0 Å². The van der Waals surface area contributed by atoms with Crippen LogP contribution in [0.4, 0.5) is 24.7 Å². The highest BCUT2D eigenvalue weighted by Crippen LogP contribution is 2.37. The predicted molar refractivity (Wildman–Crippen MR) is 237 cm³/mol. The van der Waals surface area contributed by atoms with Crippen LogP contribution in [0.25, 0.3) is 16.6 Å². The number of aromatic nitrogens is 7. The molecule has 0 bridgehead atoms. The number of fused-ring (bicyclic) bond motifs is 2. The molecule has 1 aromatic carbocycles. The van der Waals surface area contributed by atoms with E-state index in [2.05, 4.69) is 47.6 Å². The molecular formula is C47H54F3N11O5. The van der Waals surface area contributed by atoms with E-state index in [1.807, 2.05) is 24.3 Å². The fourth-order valence-corrected chi connectivity index (χ4v) is 10.2. The van der Waals surface area contributed by atoms with E-state index in [1.165, 1.54) is 29.8 Å². The molecule has 3 saturated heterocycles. The first kappa shape index (κ1) is 44.0. The van der Waals surface area contributed by atoms with Crippen LogP contribution >= 0.6 is 0 Å². The molecule has 7 heterocycles. The number of carbonyl (C=O) groups excluding carboxylic acids is 3. The molecule has 10 rings (SSSR count). The monoisotopic (exact) mass is 909 g/mol. The van der Waals surface area contributed by atoms with Crippen LogP contribution in [0, 0.1) is 23.7 Å². The summed E-state index contributed by atoms with van der Waals surface area (Å²) >= 11 is 0. The topological polar surface area (TPSA) is 166 Å². The normalized spacial score (nSPS) is 25.3. The summed E-state index contributed by atoms with van der Waals surface area (Å²) in [4.78, 5) is 47.0. The highest BCUT2D eigenvalue weighted by atomic mass is 19.3. The number of likely N-dealkylation sites (tertiary alicyclic amines) is 1. The van der Waals surface area contributed by atoms with Crippen LogP contribution < -0.4 is 15.5 Å². The van der Waals surface area contributed by atoms with Gasteiger partial charge in [0.2, 0.25) is 11.8 Å². The SMILES string of the molecule is Cn1nc(C2CCC(=O)NC2=O)c2cccc(C#CCO[C@H]3CCN(CC4CCC(n5cc(NC(=O)c6cnn7ccc(N8CCO[C@H](CC9CC9)C8)nc67)c(C(F)F)n5)CC4)C[C@H]3F)c21. The zero-order chi connectivity index (χ0) is 45.5. The van der Waals surface area contributed by atoms with Crippen LogP contribution in [0.3, 0.4) is 0 Å². The Morgan fingerprint density at radius 1 is 1.03 bits per heavy atom. The summed E-state index contributed by atoms with van der Waals surface area (Å²) < 4.78 is 60.9. The number of morpholine rings is 1. The Morgan fingerprint density at radius 3 is 2.65 bits per heavy atom. The number of nitrogens with zero attached hydrogens (tertiary/aromatic N) is 9. The number of alkyl halides is 3. The first-order valence-corrected chi connectivity index (χ1v) is 23.2. The van der Waals surface area contributed by atoms with Crippen molar-refractivity contribution in [3.63, 3.8) is 0 Å². The van der Waals surface area contributed by atoms with E-state index in [0.717, 1.165) is 42.6 Å². The Bertz CT molecular complexity index is 2680. The van der Waals surface area contributed by atoms with Crippen molar-refractivity contribution in [3.05, 3.63) is 65.4 Å². The minimum absolute atomic E-state index is 0.0415. The number of anilines is 2. The van der Waals surface area contributed by atoms with Crippen LogP contribution in [0.2, 0.25) is 0 Å². The van der Waals surface area contributed by atoms with E-state index in [9.17, 15) is 23.2 Å². The Hall–Kier alpha value is -5.84. The summed E-state index contributed by atoms with van der Waals surface area (Å²) in [7, 11) is 1.80. The number of para-hydroxylation sites is 1. The number of rotatable bonds is 12. The summed E-state index contributed by atoms with van der Waals surface area (Å²) in [6.07, 6.45) is 7.98. The summed E-state index contributed by atoms with van der Waals surface area (Å²) in [5.74, 6) is 6.22. The second kappa shape index (κ2) is 18.8. The molecule has 66 heavy (non-hydrogen) atoms.